The SMILES string of the molecule is O=C(OCCc1cccnc1)c1ccc(Oc2ccc(Br)cc2)nc1. The van der Waals surface area contributed by atoms with Crippen LogP contribution in [0, 0.1) is 0 Å². The lowest BCUT2D eigenvalue weighted by Crippen LogP contribution is -2.08. The van der Waals surface area contributed by atoms with Crippen molar-refractivity contribution in [2.24, 2.45) is 0 Å². The van der Waals surface area contributed by atoms with Crippen LogP contribution in [0.2, 0.25) is 0 Å². The third kappa shape index (κ3) is 5.12. The minimum atomic E-state index is -0.411. The van der Waals surface area contributed by atoms with E-state index < -0.39 is 5.97 Å². The van der Waals surface area contributed by atoms with E-state index >= 15 is 0 Å². The molecule has 0 amide bonds. The van der Waals surface area contributed by atoms with Crippen molar-refractivity contribution in [3.05, 3.63) is 82.7 Å². The number of rotatable bonds is 6. The minimum absolute atomic E-state index is 0.293. The van der Waals surface area contributed by atoms with E-state index in [-0.39, 0.29) is 0 Å². The van der Waals surface area contributed by atoms with Gasteiger partial charge in [-0.05, 0) is 42.0 Å². The highest BCUT2D eigenvalue weighted by Gasteiger charge is 2.08. The van der Waals surface area contributed by atoms with Crippen LogP contribution in [-0.4, -0.2) is 22.5 Å². The lowest BCUT2D eigenvalue weighted by Gasteiger charge is -2.07. The first kappa shape index (κ1) is 17.1. The highest BCUT2D eigenvalue weighted by Crippen LogP contribution is 2.21. The molecular formula is C19H15BrN2O3. The molecule has 0 aliphatic rings. The molecule has 0 saturated heterocycles. The van der Waals surface area contributed by atoms with Crippen LogP contribution in [0.1, 0.15) is 15.9 Å². The third-order valence-electron chi connectivity index (χ3n) is 3.35. The van der Waals surface area contributed by atoms with Crippen LogP contribution >= 0.6 is 15.9 Å². The molecule has 2 aromatic heterocycles. The maximum absolute atomic E-state index is 12.0. The number of hydrogen-bond donors (Lipinski definition) is 0. The topological polar surface area (TPSA) is 61.3 Å². The Morgan fingerprint density at radius 3 is 2.56 bits per heavy atom. The Morgan fingerprint density at radius 1 is 1.04 bits per heavy atom. The molecule has 1 aromatic carbocycles. The van der Waals surface area contributed by atoms with Crippen molar-refractivity contribution in [2.45, 2.75) is 6.42 Å². The maximum Gasteiger partial charge on any atom is 0.339 e. The van der Waals surface area contributed by atoms with Crippen molar-refractivity contribution in [1.82, 2.24) is 9.97 Å². The Hall–Kier alpha value is -2.73. The van der Waals surface area contributed by atoms with Crippen LogP contribution in [0.3, 0.4) is 0 Å². The third-order valence-corrected chi connectivity index (χ3v) is 3.88. The molecule has 2 heterocycles. The lowest BCUT2D eigenvalue weighted by molar-refractivity contribution is 0.0508. The molecule has 0 unspecified atom stereocenters. The summed E-state index contributed by atoms with van der Waals surface area (Å²) in [4.78, 5) is 20.2. The van der Waals surface area contributed by atoms with Crippen LogP contribution in [-0.2, 0) is 11.2 Å². The molecule has 6 heteroatoms. The maximum atomic E-state index is 12.0. The number of esters is 1. The first-order valence-corrected chi connectivity index (χ1v) is 8.45. The van der Waals surface area contributed by atoms with E-state index in [0.717, 1.165) is 10.0 Å². The van der Waals surface area contributed by atoms with Gasteiger partial charge in [-0.1, -0.05) is 22.0 Å². The average molecular weight is 399 g/mol. The van der Waals surface area contributed by atoms with Gasteiger partial charge in [0.2, 0.25) is 5.88 Å². The van der Waals surface area contributed by atoms with E-state index in [9.17, 15) is 4.79 Å². The summed E-state index contributed by atoms with van der Waals surface area (Å²) in [5.41, 5.74) is 1.40. The Kier molecular flexibility index (Phi) is 5.74. The van der Waals surface area contributed by atoms with Gasteiger partial charge in [0.25, 0.3) is 0 Å². The van der Waals surface area contributed by atoms with Gasteiger partial charge in [-0.2, -0.15) is 0 Å². The van der Waals surface area contributed by atoms with Crippen molar-refractivity contribution >= 4 is 21.9 Å². The van der Waals surface area contributed by atoms with Gasteiger partial charge in [-0.3, -0.25) is 4.98 Å². The summed E-state index contributed by atoms with van der Waals surface area (Å²) < 4.78 is 11.8. The molecule has 0 spiro atoms. The van der Waals surface area contributed by atoms with E-state index in [1.807, 2.05) is 36.4 Å². The zero-order valence-electron chi connectivity index (χ0n) is 13.3. The van der Waals surface area contributed by atoms with E-state index in [4.69, 9.17) is 9.47 Å². The summed E-state index contributed by atoms with van der Waals surface area (Å²) >= 11 is 3.37. The first-order chi connectivity index (χ1) is 12.2. The molecule has 3 rings (SSSR count). The number of hydrogen-bond acceptors (Lipinski definition) is 5. The lowest BCUT2D eigenvalue weighted by atomic mass is 10.2. The molecule has 3 aromatic rings. The van der Waals surface area contributed by atoms with Crippen molar-refractivity contribution in [3.63, 3.8) is 0 Å². The number of carbonyl (C=O) groups excluding carboxylic acids is 1. The molecule has 0 aliphatic heterocycles. The fraction of sp³-hybridized carbons (Fsp3) is 0.105. The molecular weight excluding hydrogens is 384 g/mol. The highest BCUT2D eigenvalue weighted by atomic mass is 79.9. The summed E-state index contributed by atoms with van der Waals surface area (Å²) in [6.45, 7) is 0.293. The second-order valence-electron chi connectivity index (χ2n) is 5.19. The predicted molar refractivity (Wildman–Crippen MR) is 96.7 cm³/mol. The predicted octanol–water partition coefficient (Wildman–Crippen LogP) is 4.43. The van der Waals surface area contributed by atoms with Crippen LogP contribution < -0.4 is 4.74 Å². The number of pyridine rings is 2. The van der Waals surface area contributed by atoms with E-state index in [1.54, 1.807) is 24.5 Å². The average Bonchev–Trinajstić information content (AvgIpc) is 2.65. The molecule has 0 fully saturated rings. The Bertz CT molecular complexity index is 822. The van der Waals surface area contributed by atoms with Crippen molar-refractivity contribution in [1.29, 1.82) is 0 Å². The normalized spacial score (nSPS) is 10.3. The summed E-state index contributed by atoms with van der Waals surface area (Å²) in [5, 5.41) is 0. The standard InChI is InChI=1S/C19H15BrN2O3/c20-16-4-6-17(7-5-16)25-18-8-3-15(13-22-18)19(23)24-11-9-14-2-1-10-21-12-14/h1-8,10,12-13H,9,11H2. The Balaban J connectivity index is 1.52. The van der Waals surface area contributed by atoms with E-state index in [1.165, 1.54) is 6.20 Å². The Labute approximate surface area is 153 Å². The van der Waals surface area contributed by atoms with Gasteiger partial charge in [0.15, 0.2) is 0 Å². The van der Waals surface area contributed by atoms with Gasteiger partial charge in [-0.15, -0.1) is 0 Å². The van der Waals surface area contributed by atoms with Crippen molar-refractivity contribution in [2.75, 3.05) is 6.61 Å². The molecule has 0 radical (unpaired) electrons. The second kappa shape index (κ2) is 8.39. The van der Waals surface area contributed by atoms with Crippen molar-refractivity contribution < 1.29 is 14.3 Å². The van der Waals surface area contributed by atoms with Gasteiger partial charge in [-0.25, -0.2) is 9.78 Å². The van der Waals surface area contributed by atoms with Gasteiger partial charge in [0, 0.05) is 35.6 Å². The monoisotopic (exact) mass is 398 g/mol. The molecule has 126 valence electrons. The van der Waals surface area contributed by atoms with Gasteiger partial charge in [0.05, 0.1) is 12.2 Å². The number of aromatic nitrogens is 2. The number of carbonyl (C=O) groups is 1. The van der Waals surface area contributed by atoms with Crippen LogP contribution in [0.4, 0.5) is 0 Å². The number of nitrogens with zero attached hydrogens (tertiary/aromatic N) is 2. The molecule has 5 nitrogen and oxygen atoms in total. The minimum Gasteiger partial charge on any atom is -0.462 e. The van der Waals surface area contributed by atoms with Crippen molar-refractivity contribution in [3.8, 4) is 11.6 Å². The summed E-state index contributed by atoms with van der Waals surface area (Å²) in [6.07, 6.45) is 5.53. The number of halogens is 1. The van der Waals surface area contributed by atoms with Crippen LogP contribution in [0.15, 0.2) is 71.6 Å². The fourth-order valence-corrected chi connectivity index (χ4v) is 2.34. The molecule has 0 atom stereocenters. The molecule has 0 saturated carbocycles. The van der Waals surface area contributed by atoms with Gasteiger partial charge < -0.3 is 9.47 Å². The molecule has 0 aliphatic carbocycles. The summed E-state index contributed by atoms with van der Waals surface area (Å²) in [7, 11) is 0. The number of benzene rings is 1. The van der Waals surface area contributed by atoms with Gasteiger partial charge >= 0.3 is 5.97 Å². The second-order valence-corrected chi connectivity index (χ2v) is 6.10. The van der Waals surface area contributed by atoms with Gasteiger partial charge in [0.1, 0.15) is 5.75 Å². The molecule has 0 N–H and O–H groups in total. The van der Waals surface area contributed by atoms with E-state index in [2.05, 4.69) is 25.9 Å². The summed E-state index contributed by atoms with van der Waals surface area (Å²) in [6, 6.07) is 14.5. The number of ether oxygens (including phenoxy) is 2. The molecule has 25 heavy (non-hydrogen) atoms. The van der Waals surface area contributed by atoms with Crippen LogP contribution in [0.25, 0.3) is 0 Å². The Morgan fingerprint density at radius 2 is 1.88 bits per heavy atom. The van der Waals surface area contributed by atoms with E-state index in [0.29, 0.717) is 30.2 Å². The molecule has 0 bridgehead atoms. The van der Waals surface area contributed by atoms with Crippen LogP contribution in [0.5, 0.6) is 11.6 Å². The smallest absolute Gasteiger partial charge is 0.339 e. The fourth-order valence-electron chi connectivity index (χ4n) is 2.08. The zero-order chi connectivity index (χ0) is 17.5. The quantitative estimate of drug-likeness (QED) is 0.574. The zero-order valence-corrected chi connectivity index (χ0v) is 14.8. The largest absolute Gasteiger partial charge is 0.462 e. The first-order valence-electron chi connectivity index (χ1n) is 7.66. The summed E-state index contributed by atoms with van der Waals surface area (Å²) in [5.74, 6) is 0.670. The highest BCUT2D eigenvalue weighted by molar-refractivity contribution is 9.10.